The van der Waals surface area contributed by atoms with Crippen LogP contribution in [0.15, 0.2) is 35.2 Å². The topological polar surface area (TPSA) is 92.3 Å². The van der Waals surface area contributed by atoms with Gasteiger partial charge in [0.15, 0.2) is 16.4 Å². The van der Waals surface area contributed by atoms with Crippen LogP contribution in [0.2, 0.25) is 0 Å². The zero-order valence-electron chi connectivity index (χ0n) is 16.4. The fourth-order valence-corrected chi connectivity index (χ4v) is 4.79. The maximum atomic E-state index is 13.9. The first-order valence-corrected chi connectivity index (χ1v) is 9.99. The molecule has 1 fully saturated rings. The number of methoxy groups -OCH3 is 1. The van der Waals surface area contributed by atoms with Gasteiger partial charge in [0, 0.05) is 17.5 Å². The molecule has 1 aliphatic heterocycles. The van der Waals surface area contributed by atoms with Gasteiger partial charge in [0.05, 0.1) is 43.7 Å². The second-order valence-electron chi connectivity index (χ2n) is 7.35. The van der Waals surface area contributed by atoms with Crippen LogP contribution in [0.3, 0.4) is 0 Å². The molecule has 6 nitrogen and oxygen atoms in total. The van der Waals surface area contributed by atoms with Gasteiger partial charge in [-0.1, -0.05) is 13.0 Å². The Kier molecular flexibility index (Phi) is 5.99. The molecule has 0 spiro atoms. The van der Waals surface area contributed by atoms with E-state index in [2.05, 4.69) is 6.07 Å². The van der Waals surface area contributed by atoms with E-state index in [1.807, 2.05) is 19.9 Å². The third-order valence-corrected chi connectivity index (χ3v) is 6.20. The standard InChI is InChI=1S/C21H20FN3O3S/c1-14-4-5-20(16(6-14)10-24)29(26)25-11-21(2,12-25)13-28-19-8-17(22)15(9-23)7-18(19)27-3/h4-8H,11-13H2,1-3H3. The van der Waals surface area contributed by atoms with Gasteiger partial charge in [0.2, 0.25) is 0 Å². The summed E-state index contributed by atoms with van der Waals surface area (Å²) < 4.78 is 39.5. The molecule has 1 unspecified atom stereocenters. The highest BCUT2D eigenvalue weighted by Crippen LogP contribution is 2.37. The maximum Gasteiger partial charge on any atom is 0.191 e. The van der Waals surface area contributed by atoms with Crippen LogP contribution < -0.4 is 9.47 Å². The molecule has 0 saturated carbocycles. The molecular formula is C21H20FN3O3S. The molecule has 1 saturated heterocycles. The highest BCUT2D eigenvalue weighted by Gasteiger charge is 2.47. The van der Waals surface area contributed by atoms with Gasteiger partial charge in [0.25, 0.3) is 0 Å². The van der Waals surface area contributed by atoms with Crippen molar-refractivity contribution in [1.82, 2.24) is 4.31 Å². The minimum atomic E-state index is -1.44. The number of nitriles is 2. The van der Waals surface area contributed by atoms with Crippen molar-refractivity contribution < 1.29 is 18.4 Å². The van der Waals surface area contributed by atoms with Gasteiger partial charge in [-0.3, -0.25) is 0 Å². The summed E-state index contributed by atoms with van der Waals surface area (Å²) in [6.07, 6.45) is 0. The summed E-state index contributed by atoms with van der Waals surface area (Å²) in [6.45, 7) is 5.12. The number of hydrogen-bond acceptors (Lipinski definition) is 6. The number of nitrogens with zero attached hydrogens (tertiary/aromatic N) is 3. The Morgan fingerprint density at radius 1 is 1.17 bits per heavy atom. The summed E-state index contributed by atoms with van der Waals surface area (Å²) in [5.41, 5.74) is 0.943. The molecule has 1 atom stereocenters. The highest BCUT2D eigenvalue weighted by atomic mass is 32.2. The lowest BCUT2D eigenvalue weighted by atomic mass is 9.85. The lowest BCUT2D eigenvalue weighted by Gasteiger charge is -2.45. The molecule has 0 aliphatic carbocycles. The average Bonchev–Trinajstić information content (AvgIpc) is 2.69. The van der Waals surface area contributed by atoms with Gasteiger partial charge in [-0.2, -0.15) is 10.5 Å². The molecular weight excluding hydrogens is 393 g/mol. The van der Waals surface area contributed by atoms with Gasteiger partial charge in [-0.05, 0) is 24.6 Å². The van der Waals surface area contributed by atoms with Crippen LogP contribution in [0.1, 0.15) is 23.6 Å². The number of halogens is 1. The van der Waals surface area contributed by atoms with Crippen molar-refractivity contribution in [2.75, 3.05) is 26.8 Å². The highest BCUT2D eigenvalue weighted by molar-refractivity contribution is 7.89. The van der Waals surface area contributed by atoms with Gasteiger partial charge in [-0.25, -0.2) is 4.39 Å². The molecule has 150 valence electrons. The summed E-state index contributed by atoms with van der Waals surface area (Å²) in [5.74, 6) is -0.173. The van der Waals surface area contributed by atoms with E-state index in [4.69, 9.17) is 14.7 Å². The first-order chi connectivity index (χ1) is 13.8. The molecule has 8 heteroatoms. The Hall–Kier alpha value is -2.78. The Balaban J connectivity index is 1.65. The monoisotopic (exact) mass is 413 g/mol. The second-order valence-corrected chi connectivity index (χ2v) is 8.81. The van der Waals surface area contributed by atoms with E-state index in [-0.39, 0.29) is 29.1 Å². The Bertz CT molecular complexity index is 1010. The van der Waals surface area contributed by atoms with E-state index < -0.39 is 17.2 Å². The largest absolute Gasteiger partial charge is 0.593 e. The van der Waals surface area contributed by atoms with Crippen LogP contribution in [0, 0.1) is 40.8 Å². The number of ether oxygens (including phenoxy) is 2. The minimum absolute atomic E-state index is 0.114. The van der Waals surface area contributed by atoms with Gasteiger partial charge < -0.3 is 14.0 Å². The number of hydrogen-bond donors (Lipinski definition) is 0. The molecule has 1 aliphatic rings. The van der Waals surface area contributed by atoms with E-state index in [0.29, 0.717) is 23.5 Å². The molecule has 0 N–H and O–H groups in total. The fraction of sp³-hybridized carbons (Fsp3) is 0.333. The molecule has 0 aromatic heterocycles. The normalized spacial score (nSPS) is 16.2. The van der Waals surface area contributed by atoms with Gasteiger partial charge in [-0.15, -0.1) is 4.31 Å². The third kappa shape index (κ3) is 4.30. The first-order valence-electron chi connectivity index (χ1n) is 8.88. The summed E-state index contributed by atoms with van der Waals surface area (Å²) >= 11 is -1.44. The quantitative estimate of drug-likeness (QED) is 0.675. The molecule has 0 bridgehead atoms. The summed E-state index contributed by atoms with van der Waals surface area (Å²) in [5, 5.41) is 18.2. The van der Waals surface area contributed by atoms with Crippen LogP contribution >= 0.6 is 0 Å². The molecule has 1 heterocycles. The van der Waals surface area contributed by atoms with Crippen molar-refractivity contribution >= 4 is 11.4 Å². The number of aryl methyl sites for hydroxylation is 1. The molecule has 3 rings (SSSR count). The van der Waals surface area contributed by atoms with Crippen molar-refractivity contribution in [3.05, 3.63) is 52.8 Å². The molecule has 2 aromatic carbocycles. The fourth-order valence-electron chi connectivity index (χ4n) is 3.18. The Labute approximate surface area is 172 Å². The van der Waals surface area contributed by atoms with Crippen molar-refractivity contribution in [1.29, 1.82) is 10.5 Å². The van der Waals surface area contributed by atoms with Gasteiger partial charge in [0.1, 0.15) is 23.5 Å². The average molecular weight is 413 g/mol. The predicted molar refractivity (Wildman–Crippen MR) is 105 cm³/mol. The smallest absolute Gasteiger partial charge is 0.191 e. The van der Waals surface area contributed by atoms with Crippen molar-refractivity contribution in [2.45, 2.75) is 18.7 Å². The van der Waals surface area contributed by atoms with E-state index >= 15 is 0 Å². The van der Waals surface area contributed by atoms with Gasteiger partial charge >= 0.3 is 0 Å². The number of benzene rings is 2. The third-order valence-electron chi connectivity index (χ3n) is 4.74. The zero-order chi connectivity index (χ0) is 21.2. The van der Waals surface area contributed by atoms with Crippen LogP contribution in [0.5, 0.6) is 11.5 Å². The lowest BCUT2D eigenvalue weighted by Crippen LogP contribution is -2.59. The molecule has 29 heavy (non-hydrogen) atoms. The van der Waals surface area contributed by atoms with E-state index in [1.54, 1.807) is 22.5 Å². The van der Waals surface area contributed by atoms with E-state index in [9.17, 15) is 14.2 Å². The second kappa shape index (κ2) is 8.30. The summed E-state index contributed by atoms with van der Waals surface area (Å²) in [7, 11) is 1.42. The molecule has 0 amide bonds. The SMILES string of the molecule is COc1cc(C#N)c(F)cc1OCC1(C)CN([S+]([O-])c2ccc(C)cc2C#N)C1. The van der Waals surface area contributed by atoms with E-state index in [0.717, 1.165) is 11.6 Å². The van der Waals surface area contributed by atoms with Crippen molar-refractivity contribution in [3.8, 4) is 23.6 Å². The summed E-state index contributed by atoms with van der Waals surface area (Å²) in [4.78, 5) is 0.497. The van der Waals surface area contributed by atoms with Crippen LogP contribution in [-0.2, 0) is 11.4 Å². The van der Waals surface area contributed by atoms with E-state index in [1.165, 1.54) is 13.2 Å². The molecule has 2 aromatic rings. The Morgan fingerprint density at radius 3 is 2.48 bits per heavy atom. The Morgan fingerprint density at radius 2 is 1.86 bits per heavy atom. The van der Waals surface area contributed by atoms with Crippen molar-refractivity contribution in [3.63, 3.8) is 0 Å². The molecule has 0 radical (unpaired) electrons. The zero-order valence-corrected chi connectivity index (χ0v) is 17.2. The lowest BCUT2D eigenvalue weighted by molar-refractivity contribution is 0.0349. The summed E-state index contributed by atoms with van der Waals surface area (Å²) in [6, 6.07) is 11.6. The van der Waals surface area contributed by atoms with Crippen LogP contribution in [0.4, 0.5) is 4.39 Å². The number of rotatable bonds is 6. The predicted octanol–water partition coefficient (Wildman–Crippen LogP) is 3.31. The van der Waals surface area contributed by atoms with Crippen LogP contribution in [-0.4, -0.2) is 35.7 Å². The van der Waals surface area contributed by atoms with Crippen molar-refractivity contribution in [2.24, 2.45) is 5.41 Å². The first kappa shape index (κ1) is 20.9. The minimum Gasteiger partial charge on any atom is -0.593 e. The maximum absolute atomic E-state index is 13.9. The van der Waals surface area contributed by atoms with Crippen LogP contribution in [0.25, 0.3) is 0 Å².